The van der Waals surface area contributed by atoms with E-state index in [1.54, 1.807) is 0 Å². The summed E-state index contributed by atoms with van der Waals surface area (Å²) in [4.78, 5) is 1.41. The molecule has 1 heterocycles. The molecule has 2 aliphatic rings. The lowest BCUT2D eigenvalue weighted by Gasteiger charge is -2.35. The molecule has 0 unspecified atom stereocenters. The molecule has 0 amide bonds. The zero-order chi connectivity index (χ0) is 11.7. The van der Waals surface area contributed by atoms with Gasteiger partial charge in [0.2, 0.25) is 0 Å². The Bertz CT molecular complexity index is 413. The second-order valence-electron chi connectivity index (χ2n) is 5.34. The van der Waals surface area contributed by atoms with Gasteiger partial charge in [-0.2, -0.15) is 0 Å². The Hall–Kier alpha value is -0.150. The highest BCUT2D eigenvalue weighted by Crippen LogP contribution is 2.45. The van der Waals surface area contributed by atoms with E-state index in [-0.39, 0.29) is 0 Å². The smallest absolute Gasteiger partial charge is 0.0489 e. The molecule has 0 radical (unpaired) electrons. The number of hydrogen-bond donors (Lipinski definition) is 1. The van der Waals surface area contributed by atoms with Crippen molar-refractivity contribution in [3.63, 3.8) is 0 Å². The summed E-state index contributed by atoms with van der Waals surface area (Å²) in [6, 6.07) is 6.59. The highest BCUT2D eigenvalue weighted by Gasteiger charge is 2.33. The van der Waals surface area contributed by atoms with Gasteiger partial charge in [0.25, 0.3) is 0 Å². The molecule has 1 aliphatic heterocycles. The summed E-state index contributed by atoms with van der Waals surface area (Å²) >= 11 is 5.59. The molecule has 17 heavy (non-hydrogen) atoms. The third kappa shape index (κ3) is 2.50. The van der Waals surface area contributed by atoms with Gasteiger partial charge in [-0.15, -0.1) is 11.8 Å². The summed E-state index contributed by atoms with van der Waals surface area (Å²) in [5.41, 5.74) is 1.86. The highest BCUT2D eigenvalue weighted by molar-refractivity contribution is 9.10. The summed E-state index contributed by atoms with van der Waals surface area (Å²) in [5.74, 6) is 1.29. The first-order chi connectivity index (χ1) is 8.27. The highest BCUT2D eigenvalue weighted by atomic mass is 79.9. The van der Waals surface area contributed by atoms with Gasteiger partial charge in [-0.3, -0.25) is 0 Å². The van der Waals surface area contributed by atoms with Crippen LogP contribution in [0.4, 0.5) is 5.69 Å². The Balaban J connectivity index is 1.82. The van der Waals surface area contributed by atoms with Gasteiger partial charge < -0.3 is 5.32 Å². The van der Waals surface area contributed by atoms with E-state index in [2.05, 4.69) is 39.4 Å². The molecule has 0 saturated heterocycles. The van der Waals surface area contributed by atoms with Crippen LogP contribution in [0, 0.1) is 5.41 Å². The van der Waals surface area contributed by atoms with Crippen LogP contribution in [-0.2, 0) is 0 Å². The van der Waals surface area contributed by atoms with Crippen molar-refractivity contribution >= 4 is 33.4 Å². The molecule has 1 aromatic carbocycles. The predicted molar refractivity (Wildman–Crippen MR) is 78.9 cm³/mol. The maximum atomic E-state index is 3.68. The van der Waals surface area contributed by atoms with Gasteiger partial charge in [0.1, 0.15) is 0 Å². The van der Waals surface area contributed by atoms with E-state index in [9.17, 15) is 0 Å². The third-order valence-corrected chi connectivity index (χ3v) is 5.96. The molecule has 3 heteroatoms. The second kappa shape index (κ2) is 4.85. The van der Waals surface area contributed by atoms with Crippen LogP contribution in [0.3, 0.4) is 0 Å². The van der Waals surface area contributed by atoms with Gasteiger partial charge in [0.15, 0.2) is 0 Å². The van der Waals surface area contributed by atoms with Crippen LogP contribution in [0.2, 0.25) is 0 Å². The number of fused-ring (bicyclic) bond motifs is 1. The minimum Gasteiger partial charge on any atom is -0.384 e. The van der Waals surface area contributed by atoms with Gasteiger partial charge in [-0.25, -0.2) is 0 Å². The average Bonchev–Trinajstić information content (AvgIpc) is 2.52. The van der Waals surface area contributed by atoms with E-state index < -0.39 is 0 Å². The van der Waals surface area contributed by atoms with Crippen LogP contribution in [0.25, 0.3) is 0 Å². The Kier molecular flexibility index (Phi) is 3.40. The lowest BCUT2D eigenvalue weighted by atomic mass is 9.75. The van der Waals surface area contributed by atoms with E-state index in [0.717, 1.165) is 6.54 Å². The van der Waals surface area contributed by atoms with Crippen molar-refractivity contribution in [2.24, 2.45) is 5.41 Å². The predicted octanol–water partition coefficient (Wildman–Crippen LogP) is 4.92. The van der Waals surface area contributed by atoms with Crippen LogP contribution in [0.15, 0.2) is 27.6 Å². The molecular formula is C14H18BrNS. The first-order valence-electron chi connectivity index (χ1n) is 6.44. The van der Waals surface area contributed by atoms with Crippen LogP contribution >= 0.6 is 27.7 Å². The summed E-state index contributed by atoms with van der Waals surface area (Å²) in [6.45, 7) is 1.16. The molecule has 1 aromatic rings. The third-order valence-electron chi connectivity index (χ3n) is 4.04. The molecule has 1 spiro atoms. The van der Waals surface area contributed by atoms with Gasteiger partial charge >= 0.3 is 0 Å². The number of rotatable bonds is 0. The minimum atomic E-state index is 0.550. The van der Waals surface area contributed by atoms with E-state index in [4.69, 9.17) is 0 Å². The molecule has 0 bridgehead atoms. The number of nitrogens with one attached hydrogen (secondary N) is 1. The number of anilines is 1. The normalized spacial score (nSPS) is 22.6. The van der Waals surface area contributed by atoms with Gasteiger partial charge in [-0.05, 0) is 36.5 Å². The van der Waals surface area contributed by atoms with Crippen molar-refractivity contribution in [2.45, 2.75) is 37.0 Å². The minimum absolute atomic E-state index is 0.550. The molecule has 92 valence electrons. The lowest BCUT2D eigenvalue weighted by Crippen LogP contribution is -2.33. The first-order valence-corrected chi connectivity index (χ1v) is 8.22. The maximum Gasteiger partial charge on any atom is 0.0489 e. The van der Waals surface area contributed by atoms with E-state index in [1.807, 2.05) is 11.8 Å². The fourth-order valence-corrected chi connectivity index (χ4v) is 4.62. The number of halogens is 1. The topological polar surface area (TPSA) is 12.0 Å². The van der Waals surface area contributed by atoms with Crippen LogP contribution in [0.5, 0.6) is 0 Å². The number of benzene rings is 1. The quantitative estimate of drug-likeness (QED) is 0.730. The largest absolute Gasteiger partial charge is 0.384 e. The van der Waals surface area contributed by atoms with E-state index in [1.165, 1.54) is 52.9 Å². The van der Waals surface area contributed by atoms with Gasteiger partial charge in [0.05, 0.1) is 0 Å². The van der Waals surface area contributed by atoms with Crippen LogP contribution in [0.1, 0.15) is 32.1 Å². The second-order valence-corrected chi connectivity index (χ2v) is 7.28. The fourth-order valence-electron chi connectivity index (χ4n) is 2.95. The number of hydrogen-bond acceptors (Lipinski definition) is 2. The standard InChI is InChI=1S/C14H18BrNS/c15-11-4-5-13-12(8-11)16-9-14(10-17-13)6-2-1-3-7-14/h4-5,8,16H,1-3,6-7,9-10H2. The van der Waals surface area contributed by atoms with Crippen LogP contribution in [-0.4, -0.2) is 12.3 Å². The Morgan fingerprint density at radius 1 is 1.18 bits per heavy atom. The molecular weight excluding hydrogens is 294 g/mol. The van der Waals surface area contributed by atoms with Gasteiger partial charge in [0, 0.05) is 27.4 Å². The van der Waals surface area contributed by atoms with Crippen molar-refractivity contribution < 1.29 is 0 Å². The van der Waals surface area contributed by atoms with Gasteiger partial charge in [-0.1, -0.05) is 35.2 Å². The van der Waals surface area contributed by atoms with Crippen molar-refractivity contribution in [2.75, 3.05) is 17.6 Å². The molecule has 0 atom stereocenters. The summed E-state index contributed by atoms with van der Waals surface area (Å²) in [6.07, 6.45) is 7.08. The zero-order valence-corrected chi connectivity index (χ0v) is 12.4. The average molecular weight is 312 g/mol. The van der Waals surface area contributed by atoms with Crippen molar-refractivity contribution in [1.29, 1.82) is 0 Å². The first kappa shape index (κ1) is 11.9. The van der Waals surface area contributed by atoms with Crippen molar-refractivity contribution in [3.8, 4) is 0 Å². The molecule has 1 saturated carbocycles. The zero-order valence-electron chi connectivity index (χ0n) is 9.97. The summed E-state index contributed by atoms with van der Waals surface area (Å²) in [7, 11) is 0. The van der Waals surface area contributed by atoms with Crippen molar-refractivity contribution in [1.82, 2.24) is 0 Å². The maximum absolute atomic E-state index is 3.68. The van der Waals surface area contributed by atoms with Crippen LogP contribution < -0.4 is 5.32 Å². The molecule has 1 fully saturated rings. The molecule has 1 aliphatic carbocycles. The summed E-state index contributed by atoms with van der Waals surface area (Å²) in [5, 5.41) is 3.68. The van der Waals surface area contributed by atoms with E-state index >= 15 is 0 Å². The fraction of sp³-hybridized carbons (Fsp3) is 0.571. The van der Waals surface area contributed by atoms with E-state index in [0.29, 0.717) is 5.41 Å². The Morgan fingerprint density at radius 3 is 2.82 bits per heavy atom. The molecule has 1 nitrogen and oxygen atoms in total. The summed E-state index contributed by atoms with van der Waals surface area (Å²) < 4.78 is 1.17. The Morgan fingerprint density at radius 2 is 2.00 bits per heavy atom. The molecule has 3 rings (SSSR count). The number of thioether (sulfide) groups is 1. The SMILES string of the molecule is Brc1ccc2c(c1)NCC1(CCCCC1)CS2. The van der Waals surface area contributed by atoms with Crippen molar-refractivity contribution in [3.05, 3.63) is 22.7 Å². The lowest BCUT2D eigenvalue weighted by molar-refractivity contribution is 0.241. The monoisotopic (exact) mass is 311 g/mol. The molecule has 0 aromatic heterocycles. The molecule has 1 N–H and O–H groups in total. The Labute approximate surface area is 116 Å².